The third-order valence-corrected chi connectivity index (χ3v) is 5.03. The first-order valence-corrected chi connectivity index (χ1v) is 8.36. The smallest absolute Gasteiger partial charge is 0.213 e. The van der Waals surface area contributed by atoms with E-state index in [4.69, 9.17) is 15.1 Å². The minimum Gasteiger partial charge on any atom is -0.495 e. The molecule has 7 heteroatoms. The molecule has 21 heavy (non-hydrogen) atoms. The largest absolute Gasteiger partial charge is 0.495 e. The van der Waals surface area contributed by atoms with Gasteiger partial charge in [0.05, 0.1) is 17.9 Å². The van der Waals surface area contributed by atoms with Gasteiger partial charge in [0, 0.05) is 13.1 Å². The number of hydrogen-bond donors (Lipinski definition) is 1. The maximum Gasteiger partial charge on any atom is 0.213 e. The molecule has 1 unspecified atom stereocenters. The van der Waals surface area contributed by atoms with Crippen molar-refractivity contribution in [1.29, 1.82) is 5.26 Å². The monoisotopic (exact) mass is 309 g/mol. The van der Waals surface area contributed by atoms with Crippen LogP contribution < -0.4 is 9.88 Å². The Morgan fingerprint density at radius 1 is 1.52 bits per heavy atom. The van der Waals surface area contributed by atoms with E-state index >= 15 is 0 Å². The zero-order valence-corrected chi connectivity index (χ0v) is 12.8. The highest BCUT2D eigenvalue weighted by Crippen LogP contribution is 2.22. The normalized spacial score (nSPS) is 20.0. The molecule has 0 spiro atoms. The Morgan fingerprint density at radius 3 is 2.90 bits per heavy atom. The second-order valence-corrected chi connectivity index (χ2v) is 7.08. The van der Waals surface area contributed by atoms with E-state index < -0.39 is 15.3 Å². The SMILES string of the molecule is COc1cc(CN2CCCC(S(N)(=O)=O)C2)ccc1C#N. The van der Waals surface area contributed by atoms with Gasteiger partial charge in [0.2, 0.25) is 10.0 Å². The van der Waals surface area contributed by atoms with Crippen LogP contribution in [0.15, 0.2) is 18.2 Å². The molecule has 0 aromatic heterocycles. The van der Waals surface area contributed by atoms with Crippen LogP contribution in [0.3, 0.4) is 0 Å². The van der Waals surface area contributed by atoms with Crippen LogP contribution in [-0.4, -0.2) is 38.8 Å². The van der Waals surface area contributed by atoms with Gasteiger partial charge in [-0.3, -0.25) is 4.90 Å². The van der Waals surface area contributed by atoms with E-state index in [1.165, 1.54) is 7.11 Å². The van der Waals surface area contributed by atoms with E-state index in [2.05, 4.69) is 11.0 Å². The van der Waals surface area contributed by atoms with Crippen LogP contribution in [0.1, 0.15) is 24.0 Å². The van der Waals surface area contributed by atoms with Gasteiger partial charge in [-0.2, -0.15) is 5.26 Å². The van der Waals surface area contributed by atoms with Gasteiger partial charge in [0.15, 0.2) is 0 Å². The Kier molecular flexibility index (Phi) is 4.83. The minimum atomic E-state index is -3.48. The Balaban J connectivity index is 2.10. The Bertz CT molecular complexity index is 652. The molecule has 1 saturated heterocycles. The lowest BCUT2D eigenvalue weighted by atomic mass is 10.1. The van der Waals surface area contributed by atoms with E-state index in [1.54, 1.807) is 6.07 Å². The number of likely N-dealkylation sites (tertiary alicyclic amines) is 1. The molecule has 1 atom stereocenters. The van der Waals surface area contributed by atoms with E-state index in [0.717, 1.165) is 18.5 Å². The molecular formula is C14H19N3O3S. The molecule has 0 amide bonds. The van der Waals surface area contributed by atoms with Crippen molar-refractivity contribution in [3.63, 3.8) is 0 Å². The fourth-order valence-corrected chi connectivity index (χ4v) is 3.52. The topological polar surface area (TPSA) is 96.4 Å². The highest BCUT2D eigenvalue weighted by Gasteiger charge is 2.28. The fraction of sp³-hybridized carbons (Fsp3) is 0.500. The lowest BCUT2D eigenvalue weighted by molar-refractivity contribution is 0.222. The molecule has 1 aromatic rings. The van der Waals surface area contributed by atoms with Gasteiger partial charge in [-0.15, -0.1) is 0 Å². The zero-order chi connectivity index (χ0) is 15.5. The van der Waals surface area contributed by atoms with Gasteiger partial charge in [0.1, 0.15) is 11.8 Å². The molecule has 0 bridgehead atoms. The quantitative estimate of drug-likeness (QED) is 0.888. The summed E-state index contributed by atoms with van der Waals surface area (Å²) in [6.45, 7) is 1.91. The lowest BCUT2D eigenvalue weighted by Crippen LogP contribution is -2.44. The summed E-state index contributed by atoms with van der Waals surface area (Å²) in [5.74, 6) is 0.537. The fourth-order valence-electron chi connectivity index (χ4n) is 2.61. The van der Waals surface area contributed by atoms with Crippen molar-refractivity contribution in [2.45, 2.75) is 24.6 Å². The summed E-state index contributed by atoms with van der Waals surface area (Å²) in [5.41, 5.74) is 1.48. The summed E-state index contributed by atoms with van der Waals surface area (Å²) < 4.78 is 28.1. The Hall–Kier alpha value is -1.62. The van der Waals surface area contributed by atoms with Crippen molar-refractivity contribution in [3.8, 4) is 11.8 Å². The van der Waals surface area contributed by atoms with Gasteiger partial charge < -0.3 is 4.74 Å². The number of rotatable bonds is 4. The molecule has 1 aromatic carbocycles. The van der Waals surface area contributed by atoms with Gasteiger partial charge in [-0.1, -0.05) is 6.07 Å². The number of sulfonamides is 1. The molecule has 0 radical (unpaired) electrons. The van der Waals surface area contributed by atoms with Crippen LogP contribution in [0.25, 0.3) is 0 Å². The summed E-state index contributed by atoms with van der Waals surface area (Å²) in [6, 6.07) is 7.47. The lowest BCUT2D eigenvalue weighted by Gasteiger charge is -2.31. The number of methoxy groups -OCH3 is 1. The number of piperidine rings is 1. The number of ether oxygens (including phenoxy) is 1. The van der Waals surface area contributed by atoms with Gasteiger partial charge in [-0.25, -0.2) is 13.6 Å². The second-order valence-electron chi connectivity index (χ2n) is 5.23. The Morgan fingerprint density at radius 2 is 2.29 bits per heavy atom. The van der Waals surface area contributed by atoms with Crippen molar-refractivity contribution in [2.75, 3.05) is 20.2 Å². The average Bonchev–Trinajstić information content (AvgIpc) is 2.46. The molecule has 1 aliphatic heterocycles. The van der Waals surface area contributed by atoms with E-state index in [1.807, 2.05) is 12.1 Å². The average molecular weight is 309 g/mol. The maximum absolute atomic E-state index is 11.5. The molecule has 1 heterocycles. The third kappa shape index (κ3) is 3.94. The van der Waals surface area contributed by atoms with Crippen LogP contribution in [0.2, 0.25) is 0 Å². The molecule has 0 aliphatic carbocycles. The van der Waals surface area contributed by atoms with Gasteiger partial charge in [0.25, 0.3) is 0 Å². The van der Waals surface area contributed by atoms with Gasteiger partial charge >= 0.3 is 0 Å². The number of benzene rings is 1. The maximum atomic E-state index is 11.5. The van der Waals surface area contributed by atoms with Crippen LogP contribution >= 0.6 is 0 Å². The summed E-state index contributed by atoms with van der Waals surface area (Å²) in [6.07, 6.45) is 1.43. The first-order chi connectivity index (χ1) is 9.94. The van der Waals surface area contributed by atoms with Crippen molar-refractivity contribution < 1.29 is 13.2 Å². The summed E-state index contributed by atoms with van der Waals surface area (Å²) in [5, 5.41) is 13.7. The van der Waals surface area contributed by atoms with E-state index in [9.17, 15) is 8.42 Å². The van der Waals surface area contributed by atoms with Crippen molar-refractivity contribution in [2.24, 2.45) is 5.14 Å². The summed E-state index contributed by atoms with van der Waals surface area (Å²) in [4.78, 5) is 2.07. The highest BCUT2D eigenvalue weighted by molar-refractivity contribution is 7.89. The second kappa shape index (κ2) is 6.43. The first-order valence-electron chi connectivity index (χ1n) is 6.75. The van der Waals surface area contributed by atoms with Crippen molar-refractivity contribution in [3.05, 3.63) is 29.3 Å². The molecule has 1 aliphatic rings. The zero-order valence-electron chi connectivity index (χ0n) is 11.9. The summed E-state index contributed by atoms with van der Waals surface area (Å²) in [7, 11) is -1.96. The van der Waals surface area contributed by atoms with E-state index in [0.29, 0.717) is 30.8 Å². The molecule has 114 valence electrons. The Labute approximate surface area is 125 Å². The number of nitriles is 1. The number of primary sulfonamides is 1. The minimum absolute atomic E-state index is 0.446. The summed E-state index contributed by atoms with van der Waals surface area (Å²) >= 11 is 0. The number of nitrogens with two attached hydrogens (primary N) is 1. The standard InChI is InChI=1S/C14H19N3O3S/c1-20-14-7-11(4-5-12(14)8-15)9-17-6-2-3-13(10-17)21(16,18)19/h4-5,7,13H,2-3,6,9-10H2,1H3,(H2,16,18,19). The van der Waals surface area contributed by atoms with Crippen LogP contribution in [0.4, 0.5) is 0 Å². The van der Waals surface area contributed by atoms with Crippen molar-refractivity contribution >= 4 is 10.0 Å². The molecular weight excluding hydrogens is 290 g/mol. The third-order valence-electron chi connectivity index (χ3n) is 3.72. The van der Waals surface area contributed by atoms with E-state index in [-0.39, 0.29) is 0 Å². The molecule has 6 nitrogen and oxygen atoms in total. The van der Waals surface area contributed by atoms with Crippen LogP contribution in [0, 0.1) is 11.3 Å². The van der Waals surface area contributed by atoms with Gasteiger partial charge in [-0.05, 0) is 37.1 Å². The van der Waals surface area contributed by atoms with Crippen LogP contribution in [0.5, 0.6) is 5.75 Å². The molecule has 0 saturated carbocycles. The first kappa shape index (κ1) is 15.8. The molecule has 2 rings (SSSR count). The predicted octanol–water partition coefficient (Wildman–Crippen LogP) is 0.820. The van der Waals surface area contributed by atoms with Crippen LogP contribution in [-0.2, 0) is 16.6 Å². The highest BCUT2D eigenvalue weighted by atomic mass is 32.2. The molecule has 2 N–H and O–H groups in total. The number of hydrogen-bond acceptors (Lipinski definition) is 5. The molecule has 1 fully saturated rings. The van der Waals surface area contributed by atoms with Crippen molar-refractivity contribution in [1.82, 2.24) is 4.90 Å². The predicted molar refractivity (Wildman–Crippen MR) is 79.1 cm³/mol. The number of nitrogens with zero attached hydrogens (tertiary/aromatic N) is 2.